The number of carbonyl (C=O) groups is 1. The fourth-order valence-corrected chi connectivity index (χ4v) is 1.81. The number of nitrogens with one attached hydrogen (secondary N) is 2. The van der Waals surface area contributed by atoms with E-state index in [1.165, 1.54) is 0 Å². The van der Waals surface area contributed by atoms with Gasteiger partial charge in [0.2, 0.25) is 5.91 Å². The normalized spacial score (nSPS) is 12.3. The number of aromatic amines is 1. The molecule has 0 spiro atoms. The largest absolute Gasteiger partial charge is 0.354 e. The minimum atomic E-state index is -0.239. The van der Waals surface area contributed by atoms with E-state index < -0.39 is 0 Å². The molecule has 1 atom stereocenters. The summed E-state index contributed by atoms with van der Waals surface area (Å²) < 4.78 is 1.68. The lowest BCUT2D eigenvalue weighted by molar-refractivity contribution is -0.124. The van der Waals surface area contributed by atoms with Crippen LogP contribution in [0.25, 0.3) is 0 Å². The molecule has 2 N–H and O–H groups in total. The Morgan fingerprint density at radius 1 is 1.56 bits per heavy atom. The van der Waals surface area contributed by atoms with E-state index in [9.17, 15) is 4.79 Å². The predicted molar refractivity (Wildman–Crippen MR) is 66.9 cm³/mol. The van der Waals surface area contributed by atoms with Crippen LogP contribution >= 0.6 is 0 Å². The van der Waals surface area contributed by atoms with E-state index in [0.717, 1.165) is 5.82 Å². The molecular weight excluding hydrogens is 230 g/mol. The van der Waals surface area contributed by atoms with Crippen LogP contribution in [-0.4, -0.2) is 32.2 Å². The first-order chi connectivity index (χ1) is 8.81. The second-order valence-electron chi connectivity index (χ2n) is 3.99. The second kappa shape index (κ2) is 6.00. The number of hydrogen-bond acceptors (Lipinski definition) is 3. The first-order valence-electron chi connectivity index (χ1n) is 6.06. The van der Waals surface area contributed by atoms with Crippen molar-refractivity contribution in [2.45, 2.75) is 25.8 Å². The van der Waals surface area contributed by atoms with Crippen LogP contribution in [0.2, 0.25) is 0 Å². The summed E-state index contributed by atoms with van der Waals surface area (Å²) in [6.07, 6.45) is 8.38. The van der Waals surface area contributed by atoms with Gasteiger partial charge in [0, 0.05) is 37.8 Å². The first kappa shape index (κ1) is 12.3. The summed E-state index contributed by atoms with van der Waals surface area (Å²) in [6.45, 7) is 2.54. The molecule has 1 amide bonds. The van der Waals surface area contributed by atoms with E-state index in [2.05, 4.69) is 20.4 Å². The molecule has 0 aromatic carbocycles. The number of nitrogens with zero attached hydrogens (tertiary/aromatic N) is 3. The topological polar surface area (TPSA) is 75.6 Å². The van der Waals surface area contributed by atoms with E-state index >= 15 is 0 Å². The Morgan fingerprint density at radius 2 is 2.44 bits per heavy atom. The minimum absolute atomic E-state index is 0.00671. The molecule has 0 fully saturated rings. The number of amides is 1. The van der Waals surface area contributed by atoms with Crippen molar-refractivity contribution < 1.29 is 4.79 Å². The molecule has 0 saturated carbocycles. The van der Waals surface area contributed by atoms with Gasteiger partial charge in [-0.05, 0) is 12.5 Å². The van der Waals surface area contributed by atoms with Crippen molar-refractivity contribution in [3.8, 4) is 0 Å². The first-order valence-corrected chi connectivity index (χ1v) is 6.06. The highest BCUT2D eigenvalue weighted by molar-refractivity contribution is 5.80. The molecule has 2 aromatic heterocycles. The summed E-state index contributed by atoms with van der Waals surface area (Å²) in [4.78, 5) is 19.1. The van der Waals surface area contributed by atoms with Gasteiger partial charge in [0.1, 0.15) is 11.9 Å². The Bertz CT molecular complexity index is 463. The highest BCUT2D eigenvalue weighted by atomic mass is 16.2. The molecule has 1 unspecified atom stereocenters. The van der Waals surface area contributed by atoms with Crippen LogP contribution in [0.1, 0.15) is 25.2 Å². The van der Waals surface area contributed by atoms with Gasteiger partial charge in [0.05, 0.1) is 0 Å². The highest BCUT2D eigenvalue weighted by Gasteiger charge is 2.17. The number of H-pyrrole nitrogens is 1. The summed E-state index contributed by atoms with van der Waals surface area (Å²) in [6, 6.07) is 1.58. The van der Waals surface area contributed by atoms with Crippen LogP contribution in [0, 0.1) is 0 Å². The van der Waals surface area contributed by atoms with E-state index in [4.69, 9.17) is 0 Å². The lowest BCUT2D eigenvalue weighted by Gasteiger charge is -2.15. The molecule has 6 heteroatoms. The lowest BCUT2D eigenvalue weighted by atomic mass is 10.2. The van der Waals surface area contributed by atoms with E-state index in [0.29, 0.717) is 19.4 Å². The zero-order chi connectivity index (χ0) is 12.8. The Balaban J connectivity index is 1.83. The zero-order valence-electron chi connectivity index (χ0n) is 10.3. The highest BCUT2D eigenvalue weighted by Crippen LogP contribution is 2.09. The third-order valence-electron chi connectivity index (χ3n) is 2.75. The van der Waals surface area contributed by atoms with E-state index in [1.54, 1.807) is 29.5 Å². The van der Waals surface area contributed by atoms with E-state index in [1.807, 2.05) is 13.0 Å². The van der Waals surface area contributed by atoms with Gasteiger partial charge in [-0.3, -0.25) is 9.48 Å². The molecule has 18 heavy (non-hydrogen) atoms. The van der Waals surface area contributed by atoms with Crippen LogP contribution in [0.3, 0.4) is 0 Å². The lowest BCUT2D eigenvalue weighted by Crippen LogP contribution is -2.34. The molecule has 6 nitrogen and oxygen atoms in total. The van der Waals surface area contributed by atoms with Gasteiger partial charge in [-0.1, -0.05) is 6.92 Å². The van der Waals surface area contributed by atoms with Crippen molar-refractivity contribution in [3.63, 3.8) is 0 Å². The van der Waals surface area contributed by atoms with Gasteiger partial charge in [-0.15, -0.1) is 0 Å². The van der Waals surface area contributed by atoms with Gasteiger partial charge >= 0.3 is 0 Å². The van der Waals surface area contributed by atoms with Crippen molar-refractivity contribution in [2.75, 3.05) is 6.54 Å². The quantitative estimate of drug-likeness (QED) is 0.797. The summed E-state index contributed by atoms with van der Waals surface area (Å²) >= 11 is 0. The average molecular weight is 247 g/mol. The molecule has 0 aliphatic rings. The predicted octanol–water partition coefficient (Wildman–Crippen LogP) is 0.916. The summed E-state index contributed by atoms with van der Waals surface area (Å²) in [5.41, 5.74) is 0. The summed E-state index contributed by atoms with van der Waals surface area (Å²) in [7, 11) is 0. The van der Waals surface area contributed by atoms with Crippen molar-refractivity contribution in [1.29, 1.82) is 0 Å². The zero-order valence-corrected chi connectivity index (χ0v) is 10.3. The molecule has 2 rings (SSSR count). The molecule has 0 radical (unpaired) electrons. The number of carbonyl (C=O) groups excluding carboxylic acids is 1. The molecule has 0 bridgehead atoms. The molecular formula is C12H17N5O. The standard InChI is InChI=1S/C12H17N5O/c1-2-10(17-9-3-5-16-17)12(18)15-6-4-11-13-7-8-14-11/h3,5,7-10H,2,4,6H2,1H3,(H,13,14)(H,15,18). The van der Waals surface area contributed by atoms with Gasteiger partial charge in [-0.2, -0.15) is 5.10 Å². The maximum absolute atomic E-state index is 12.0. The Kier molecular flexibility index (Phi) is 4.11. The van der Waals surface area contributed by atoms with Crippen molar-refractivity contribution in [3.05, 3.63) is 36.7 Å². The fraction of sp³-hybridized carbons (Fsp3) is 0.417. The van der Waals surface area contributed by atoms with Crippen LogP contribution in [0.15, 0.2) is 30.9 Å². The van der Waals surface area contributed by atoms with Gasteiger partial charge in [-0.25, -0.2) is 4.98 Å². The Labute approximate surface area is 105 Å². The van der Waals surface area contributed by atoms with Gasteiger partial charge in [0.25, 0.3) is 0 Å². The van der Waals surface area contributed by atoms with Crippen LogP contribution < -0.4 is 5.32 Å². The van der Waals surface area contributed by atoms with Gasteiger partial charge < -0.3 is 10.3 Å². The van der Waals surface area contributed by atoms with Crippen LogP contribution in [0.4, 0.5) is 0 Å². The second-order valence-corrected chi connectivity index (χ2v) is 3.99. The minimum Gasteiger partial charge on any atom is -0.354 e. The van der Waals surface area contributed by atoms with Crippen molar-refractivity contribution >= 4 is 5.91 Å². The van der Waals surface area contributed by atoms with E-state index in [-0.39, 0.29) is 11.9 Å². The molecule has 2 aromatic rings. The fourth-order valence-electron chi connectivity index (χ4n) is 1.81. The third kappa shape index (κ3) is 2.97. The number of imidazole rings is 1. The average Bonchev–Trinajstić information content (AvgIpc) is 3.02. The van der Waals surface area contributed by atoms with Gasteiger partial charge in [0.15, 0.2) is 0 Å². The molecule has 0 saturated heterocycles. The Morgan fingerprint density at radius 3 is 3.06 bits per heavy atom. The SMILES string of the molecule is CCC(C(=O)NCCc1ncc[nH]1)n1cccn1. The van der Waals surface area contributed by atoms with Crippen molar-refractivity contribution in [1.82, 2.24) is 25.1 Å². The molecule has 96 valence electrons. The molecule has 2 heterocycles. The number of aromatic nitrogens is 4. The number of hydrogen-bond donors (Lipinski definition) is 2. The smallest absolute Gasteiger partial charge is 0.244 e. The summed E-state index contributed by atoms with van der Waals surface area (Å²) in [5, 5.41) is 7.00. The molecule has 0 aliphatic carbocycles. The van der Waals surface area contributed by atoms with Crippen molar-refractivity contribution in [2.24, 2.45) is 0 Å². The number of rotatable bonds is 6. The third-order valence-corrected chi connectivity index (χ3v) is 2.75. The maximum Gasteiger partial charge on any atom is 0.244 e. The Hall–Kier alpha value is -2.11. The monoisotopic (exact) mass is 247 g/mol. The maximum atomic E-state index is 12.0. The van der Waals surface area contributed by atoms with Crippen LogP contribution in [-0.2, 0) is 11.2 Å². The summed E-state index contributed by atoms with van der Waals surface area (Å²) in [5.74, 6) is 0.871. The van der Waals surface area contributed by atoms with Crippen LogP contribution in [0.5, 0.6) is 0 Å². The molecule has 0 aliphatic heterocycles.